The molecule has 0 saturated carbocycles. The molecule has 0 amide bonds. The number of hydrogen-bond acceptors (Lipinski definition) is 8. The number of hydrogen-bond donors (Lipinski definition) is 0. The molecule has 1 atom stereocenters. The molecule has 1 saturated heterocycles. The van der Waals surface area contributed by atoms with Gasteiger partial charge in [-0.25, -0.2) is 19.6 Å². The zero-order valence-electron chi connectivity index (χ0n) is 11.2. The maximum Gasteiger partial charge on any atom is 0.376 e. The SMILES string of the molecule is COC(=O)c1nccc(N2CCOCC2C(=O)OC)n1. The Morgan fingerprint density at radius 2 is 2.20 bits per heavy atom. The van der Waals surface area contributed by atoms with Gasteiger partial charge < -0.3 is 19.1 Å². The van der Waals surface area contributed by atoms with Gasteiger partial charge in [0.25, 0.3) is 0 Å². The van der Waals surface area contributed by atoms with Crippen molar-refractivity contribution in [3.8, 4) is 0 Å². The Bertz CT molecular complexity index is 508. The summed E-state index contributed by atoms with van der Waals surface area (Å²) in [5.41, 5.74) is 0. The van der Waals surface area contributed by atoms with Gasteiger partial charge in [-0.2, -0.15) is 0 Å². The molecule has 108 valence electrons. The Morgan fingerprint density at radius 1 is 1.40 bits per heavy atom. The molecule has 0 radical (unpaired) electrons. The molecular formula is C12H15N3O5. The first-order valence-corrected chi connectivity index (χ1v) is 6.01. The van der Waals surface area contributed by atoms with Crippen molar-refractivity contribution in [1.82, 2.24) is 9.97 Å². The summed E-state index contributed by atoms with van der Waals surface area (Å²) in [7, 11) is 2.57. The second-order valence-electron chi connectivity index (χ2n) is 4.04. The van der Waals surface area contributed by atoms with Crippen LogP contribution in [0.2, 0.25) is 0 Å². The van der Waals surface area contributed by atoms with Crippen molar-refractivity contribution in [2.75, 3.05) is 38.9 Å². The molecule has 0 aromatic carbocycles. The highest BCUT2D eigenvalue weighted by atomic mass is 16.5. The Balaban J connectivity index is 2.28. The van der Waals surface area contributed by atoms with Gasteiger partial charge in [0.2, 0.25) is 5.82 Å². The number of carbonyl (C=O) groups is 2. The maximum absolute atomic E-state index is 11.7. The van der Waals surface area contributed by atoms with E-state index in [-0.39, 0.29) is 12.4 Å². The number of morpholine rings is 1. The molecule has 2 heterocycles. The molecule has 1 aromatic rings. The van der Waals surface area contributed by atoms with E-state index in [9.17, 15) is 9.59 Å². The number of esters is 2. The topological polar surface area (TPSA) is 90.8 Å². The van der Waals surface area contributed by atoms with Gasteiger partial charge in [0.1, 0.15) is 5.82 Å². The molecule has 1 aromatic heterocycles. The number of methoxy groups -OCH3 is 2. The number of nitrogens with zero attached hydrogens (tertiary/aromatic N) is 3. The van der Waals surface area contributed by atoms with Gasteiger partial charge in [-0.1, -0.05) is 0 Å². The standard InChI is InChI=1S/C12H15N3O5/c1-18-11(16)8-7-20-6-5-15(8)9-3-4-13-10(14-9)12(17)19-2/h3-4,8H,5-7H2,1-2H3. The van der Waals surface area contributed by atoms with Gasteiger partial charge in [-0.3, -0.25) is 0 Å². The van der Waals surface area contributed by atoms with Gasteiger partial charge in [0.05, 0.1) is 27.4 Å². The number of rotatable bonds is 3. The van der Waals surface area contributed by atoms with E-state index in [1.54, 1.807) is 11.0 Å². The summed E-state index contributed by atoms with van der Waals surface area (Å²) >= 11 is 0. The van der Waals surface area contributed by atoms with E-state index in [1.165, 1.54) is 20.4 Å². The van der Waals surface area contributed by atoms with Crippen molar-refractivity contribution >= 4 is 17.8 Å². The second-order valence-corrected chi connectivity index (χ2v) is 4.04. The summed E-state index contributed by atoms with van der Waals surface area (Å²) in [6, 6.07) is 1.03. The predicted molar refractivity (Wildman–Crippen MR) is 67.3 cm³/mol. The van der Waals surface area contributed by atoms with E-state index in [1.807, 2.05) is 0 Å². The normalized spacial score (nSPS) is 18.5. The Morgan fingerprint density at radius 3 is 2.90 bits per heavy atom. The third-order valence-electron chi connectivity index (χ3n) is 2.90. The summed E-state index contributed by atoms with van der Waals surface area (Å²) in [6.07, 6.45) is 1.44. The molecule has 0 N–H and O–H groups in total. The maximum atomic E-state index is 11.7. The monoisotopic (exact) mass is 281 g/mol. The van der Waals surface area contributed by atoms with E-state index >= 15 is 0 Å². The van der Waals surface area contributed by atoms with Crippen LogP contribution in [-0.4, -0.2) is 61.9 Å². The van der Waals surface area contributed by atoms with Crippen LogP contribution in [0.4, 0.5) is 5.82 Å². The van der Waals surface area contributed by atoms with Gasteiger partial charge in [-0.15, -0.1) is 0 Å². The third-order valence-corrected chi connectivity index (χ3v) is 2.90. The minimum Gasteiger partial charge on any atom is -0.467 e. The molecule has 8 heteroatoms. The Labute approximate surface area is 115 Å². The van der Waals surface area contributed by atoms with Crippen LogP contribution in [0.25, 0.3) is 0 Å². The first kappa shape index (κ1) is 14.2. The number of anilines is 1. The van der Waals surface area contributed by atoms with Gasteiger partial charge >= 0.3 is 11.9 Å². The molecule has 8 nitrogen and oxygen atoms in total. The van der Waals surface area contributed by atoms with Crippen molar-refractivity contribution in [1.29, 1.82) is 0 Å². The lowest BCUT2D eigenvalue weighted by molar-refractivity contribution is -0.144. The number of aromatic nitrogens is 2. The smallest absolute Gasteiger partial charge is 0.376 e. The van der Waals surface area contributed by atoms with E-state index < -0.39 is 18.0 Å². The summed E-state index contributed by atoms with van der Waals surface area (Å²) in [6.45, 7) is 1.15. The van der Waals surface area contributed by atoms with Crippen LogP contribution < -0.4 is 4.90 Å². The summed E-state index contributed by atoms with van der Waals surface area (Å²) in [5, 5.41) is 0. The van der Waals surface area contributed by atoms with Crippen LogP contribution in [0.1, 0.15) is 10.6 Å². The molecular weight excluding hydrogens is 266 g/mol. The minimum atomic E-state index is -0.630. The van der Waals surface area contributed by atoms with Gasteiger partial charge in [0, 0.05) is 12.7 Å². The van der Waals surface area contributed by atoms with Crippen LogP contribution in [0.3, 0.4) is 0 Å². The molecule has 1 fully saturated rings. The average molecular weight is 281 g/mol. The predicted octanol–water partition coefficient (Wildman–Crippen LogP) is -0.359. The highest BCUT2D eigenvalue weighted by Crippen LogP contribution is 2.18. The highest BCUT2D eigenvalue weighted by Gasteiger charge is 2.31. The highest BCUT2D eigenvalue weighted by molar-refractivity contribution is 5.85. The molecule has 2 rings (SSSR count). The lowest BCUT2D eigenvalue weighted by Gasteiger charge is -2.34. The first-order chi connectivity index (χ1) is 9.67. The quantitative estimate of drug-likeness (QED) is 0.694. The molecule has 1 unspecified atom stereocenters. The van der Waals surface area contributed by atoms with Crippen molar-refractivity contribution < 1.29 is 23.8 Å². The van der Waals surface area contributed by atoms with Crippen molar-refractivity contribution in [2.24, 2.45) is 0 Å². The zero-order chi connectivity index (χ0) is 14.5. The second kappa shape index (κ2) is 6.29. The van der Waals surface area contributed by atoms with E-state index in [2.05, 4.69) is 14.7 Å². The Hall–Kier alpha value is -2.22. The fourth-order valence-corrected chi connectivity index (χ4v) is 1.91. The molecule has 0 aliphatic carbocycles. The number of carbonyl (C=O) groups excluding carboxylic acids is 2. The molecule has 0 spiro atoms. The van der Waals surface area contributed by atoms with E-state index in [0.29, 0.717) is 19.0 Å². The Kier molecular flexibility index (Phi) is 4.46. The van der Waals surface area contributed by atoms with Crippen LogP contribution in [0, 0.1) is 0 Å². The van der Waals surface area contributed by atoms with Gasteiger partial charge in [0.15, 0.2) is 6.04 Å². The van der Waals surface area contributed by atoms with Crippen molar-refractivity contribution in [2.45, 2.75) is 6.04 Å². The van der Waals surface area contributed by atoms with Crippen molar-refractivity contribution in [3.05, 3.63) is 18.1 Å². The summed E-state index contributed by atoms with van der Waals surface area (Å²) in [4.78, 5) is 32.9. The van der Waals surface area contributed by atoms with Crippen LogP contribution in [-0.2, 0) is 19.0 Å². The fourth-order valence-electron chi connectivity index (χ4n) is 1.91. The lowest BCUT2D eigenvalue weighted by Crippen LogP contribution is -2.51. The molecule has 1 aliphatic rings. The minimum absolute atomic E-state index is 0.0555. The van der Waals surface area contributed by atoms with Crippen LogP contribution in [0.15, 0.2) is 12.3 Å². The van der Waals surface area contributed by atoms with E-state index in [0.717, 1.165) is 0 Å². The van der Waals surface area contributed by atoms with Crippen LogP contribution >= 0.6 is 0 Å². The van der Waals surface area contributed by atoms with Crippen molar-refractivity contribution in [3.63, 3.8) is 0 Å². The first-order valence-electron chi connectivity index (χ1n) is 6.01. The molecule has 20 heavy (non-hydrogen) atoms. The third kappa shape index (κ3) is 2.85. The summed E-state index contributed by atoms with van der Waals surface area (Å²) in [5.74, 6) is -0.642. The van der Waals surface area contributed by atoms with Crippen LogP contribution in [0.5, 0.6) is 0 Å². The lowest BCUT2D eigenvalue weighted by atomic mass is 10.2. The fraction of sp³-hybridized carbons (Fsp3) is 0.500. The van der Waals surface area contributed by atoms with E-state index in [4.69, 9.17) is 9.47 Å². The average Bonchev–Trinajstić information content (AvgIpc) is 2.53. The van der Waals surface area contributed by atoms with Gasteiger partial charge in [-0.05, 0) is 6.07 Å². The number of ether oxygens (including phenoxy) is 3. The summed E-state index contributed by atoms with van der Waals surface area (Å²) < 4.78 is 14.6. The zero-order valence-corrected chi connectivity index (χ0v) is 11.2. The largest absolute Gasteiger partial charge is 0.467 e. The molecule has 0 bridgehead atoms. The molecule has 1 aliphatic heterocycles.